The largest absolute Gasteiger partial charge is 0.379 e. The molecule has 1 aromatic carbocycles. The van der Waals surface area contributed by atoms with E-state index in [1.54, 1.807) is 11.9 Å². The molecule has 1 saturated heterocycles. The van der Waals surface area contributed by atoms with Crippen LogP contribution < -0.4 is 0 Å². The zero-order valence-corrected chi connectivity index (χ0v) is 18.3. The second-order valence-corrected chi connectivity index (χ2v) is 10.1. The second-order valence-electron chi connectivity index (χ2n) is 7.34. The Morgan fingerprint density at radius 1 is 1.07 bits per heavy atom. The highest BCUT2D eigenvalue weighted by atomic mass is 35.5. The summed E-state index contributed by atoms with van der Waals surface area (Å²) in [7, 11) is -2.07. The van der Waals surface area contributed by atoms with Crippen LogP contribution >= 0.6 is 23.2 Å². The first-order chi connectivity index (χ1) is 13.3. The number of carbonyl (C=O) groups excluding carboxylic acids is 1. The zero-order chi connectivity index (χ0) is 20.3. The number of sulfonamides is 1. The maximum absolute atomic E-state index is 13.1. The zero-order valence-electron chi connectivity index (χ0n) is 16.0. The fourth-order valence-electron chi connectivity index (χ4n) is 3.82. The lowest BCUT2D eigenvalue weighted by Gasteiger charge is -2.29. The molecule has 1 heterocycles. The fraction of sp³-hybridized carbons (Fsp3) is 0.632. The van der Waals surface area contributed by atoms with Crippen molar-refractivity contribution >= 4 is 39.1 Å². The number of hydrogen-bond donors (Lipinski definition) is 0. The molecule has 1 amide bonds. The van der Waals surface area contributed by atoms with Crippen LogP contribution in [0.25, 0.3) is 0 Å². The van der Waals surface area contributed by atoms with Crippen LogP contribution in [0.4, 0.5) is 0 Å². The topological polar surface area (TPSA) is 66.9 Å². The lowest BCUT2D eigenvalue weighted by atomic mass is 10.1. The summed E-state index contributed by atoms with van der Waals surface area (Å²) in [6, 6.07) is 2.82. The molecule has 0 spiro atoms. The third kappa shape index (κ3) is 4.65. The average Bonchev–Trinajstić information content (AvgIpc) is 2.97. The molecular weight excluding hydrogens is 423 g/mol. The molecule has 0 atom stereocenters. The minimum Gasteiger partial charge on any atom is -0.379 e. The Bertz CT molecular complexity index is 817. The van der Waals surface area contributed by atoms with Crippen molar-refractivity contribution in [3.8, 4) is 0 Å². The van der Waals surface area contributed by atoms with Crippen molar-refractivity contribution in [2.75, 3.05) is 33.4 Å². The molecule has 0 N–H and O–H groups in total. The molecule has 1 aliphatic carbocycles. The molecule has 1 aliphatic heterocycles. The van der Waals surface area contributed by atoms with E-state index in [0.717, 1.165) is 25.7 Å². The Kier molecular flexibility index (Phi) is 7.26. The Hall–Kier alpha value is -0.860. The van der Waals surface area contributed by atoms with Crippen LogP contribution in [0.1, 0.15) is 48.9 Å². The van der Waals surface area contributed by atoms with Crippen LogP contribution in [0.5, 0.6) is 0 Å². The van der Waals surface area contributed by atoms with Crippen molar-refractivity contribution in [3.63, 3.8) is 0 Å². The lowest BCUT2D eigenvalue weighted by molar-refractivity contribution is 0.0716. The van der Waals surface area contributed by atoms with E-state index < -0.39 is 10.0 Å². The van der Waals surface area contributed by atoms with Gasteiger partial charge in [-0.25, -0.2) is 8.42 Å². The van der Waals surface area contributed by atoms with E-state index in [0.29, 0.717) is 13.2 Å². The summed E-state index contributed by atoms with van der Waals surface area (Å²) >= 11 is 12.5. The monoisotopic (exact) mass is 448 g/mol. The molecule has 28 heavy (non-hydrogen) atoms. The van der Waals surface area contributed by atoms with Gasteiger partial charge in [-0.1, -0.05) is 48.9 Å². The quantitative estimate of drug-likeness (QED) is 0.656. The molecule has 0 unspecified atom stereocenters. The average molecular weight is 449 g/mol. The SMILES string of the molecule is CN(C(=O)c1cc(S(=O)(=O)N2CCOCC2)c(Cl)cc1Cl)C1CCCCCC1. The van der Waals surface area contributed by atoms with Crippen molar-refractivity contribution in [1.82, 2.24) is 9.21 Å². The van der Waals surface area contributed by atoms with E-state index in [1.165, 1.54) is 29.3 Å². The van der Waals surface area contributed by atoms with Gasteiger partial charge in [0.05, 0.1) is 28.8 Å². The van der Waals surface area contributed by atoms with Gasteiger partial charge in [0.2, 0.25) is 10.0 Å². The minimum atomic E-state index is -3.83. The highest BCUT2D eigenvalue weighted by Crippen LogP contribution is 2.32. The Morgan fingerprint density at radius 2 is 1.68 bits per heavy atom. The molecule has 2 fully saturated rings. The number of rotatable bonds is 4. The Morgan fingerprint density at radius 3 is 2.29 bits per heavy atom. The predicted octanol–water partition coefficient (Wildman–Crippen LogP) is 3.81. The molecule has 1 aromatic rings. The molecule has 2 aliphatic rings. The van der Waals surface area contributed by atoms with Crippen LogP contribution in [0.2, 0.25) is 10.0 Å². The number of ether oxygens (including phenoxy) is 1. The van der Waals surface area contributed by atoms with Gasteiger partial charge >= 0.3 is 0 Å². The number of hydrogen-bond acceptors (Lipinski definition) is 4. The summed E-state index contributed by atoms with van der Waals surface area (Å²) in [4.78, 5) is 14.7. The Balaban J connectivity index is 1.91. The Labute approximate surface area is 176 Å². The van der Waals surface area contributed by atoms with Crippen LogP contribution in [-0.2, 0) is 14.8 Å². The van der Waals surface area contributed by atoms with E-state index in [-0.39, 0.29) is 45.5 Å². The predicted molar refractivity (Wildman–Crippen MR) is 110 cm³/mol. The van der Waals surface area contributed by atoms with Crippen molar-refractivity contribution in [2.45, 2.75) is 49.5 Å². The summed E-state index contributed by atoms with van der Waals surface area (Å²) in [5, 5.41) is 0.182. The standard InChI is InChI=1S/C19H26Cl2N2O4S/c1-22(14-6-4-2-3-5-7-14)19(24)15-12-18(17(21)13-16(15)20)28(25,26)23-8-10-27-11-9-23/h12-14H,2-11H2,1H3. The van der Waals surface area contributed by atoms with Gasteiger partial charge in [0.1, 0.15) is 4.90 Å². The molecule has 0 aromatic heterocycles. The first-order valence-electron chi connectivity index (χ1n) is 9.66. The maximum Gasteiger partial charge on any atom is 0.255 e. The van der Waals surface area contributed by atoms with Gasteiger partial charge in [-0.15, -0.1) is 0 Å². The summed E-state index contributed by atoms with van der Waals surface area (Å²) in [6.45, 7) is 1.18. The summed E-state index contributed by atoms with van der Waals surface area (Å²) in [5.74, 6) is -0.271. The number of nitrogens with zero attached hydrogens (tertiary/aromatic N) is 2. The van der Waals surface area contributed by atoms with E-state index in [1.807, 2.05) is 0 Å². The number of halogens is 2. The smallest absolute Gasteiger partial charge is 0.255 e. The van der Waals surface area contributed by atoms with Crippen molar-refractivity contribution in [1.29, 1.82) is 0 Å². The molecule has 1 saturated carbocycles. The third-order valence-corrected chi connectivity index (χ3v) is 8.21. The van der Waals surface area contributed by atoms with Crippen LogP contribution in [0.3, 0.4) is 0 Å². The normalized spacial score (nSPS) is 20.0. The van der Waals surface area contributed by atoms with E-state index in [2.05, 4.69) is 0 Å². The van der Waals surface area contributed by atoms with Gasteiger partial charge in [0.25, 0.3) is 5.91 Å². The molecule has 0 bridgehead atoms. The van der Waals surface area contributed by atoms with Crippen LogP contribution in [0.15, 0.2) is 17.0 Å². The maximum atomic E-state index is 13.1. The number of morpholine rings is 1. The fourth-order valence-corrected chi connectivity index (χ4v) is 6.05. The van der Waals surface area contributed by atoms with Gasteiger partial charge < -0.3 is 9.64 Å². The number of benzene rings is 1. The first-order valence-corrected chi connectivity index (χ1v) is 11.9. The van der Waals surface area contributed by atoms with E-state index in [9.17, 15) is 13.2 Å². The third-order valence-electron chi connectivity index (χ3n) is 5.53. The van der Waals surface area contributed by atoms with E-state index in [4.69, 9.17) is 27.9 Å². The molecule has 156 valence electrons. The van der Waals surface area contributed by atoms with Gasteiger partial charge in [-0.2, -0.15) is 4.31 Å². The summed E-state index contributed by atoms with van der Waals surface area (Å²) in [6.07, 6.45) is 6.45. The van der Waals surface area contributed by atoms with Crippen molar-refractivity contribution in [2.24, 2.45) is 0 Å². The van der Waals surface area contributed by atoms with Crippen molar-refractivity contribution < 1.29 is 17.9 Å². The first kappa shape index (κ1) is 21.8. The van der Waals surface area contributed by atoms with Crippen molar-refractivity contribution in [3.05, 3.63) is 27.7 Å². The summed E-state index contributed by atoms with van der Waals surface area (Å²) < 4.78 is 32.6. The molecule has 6 nitrogen and oxygen atoms in total. The number of carbonyl (C=O) groups is 1. The minimum absolute atomic E-state index is 0.0187. The van der Waals surface area contributed by atoms with Gasteiger partial charge in [-0.05, 0) is 25.0 Å². The van der Waals surface area contributed by atoms with Gasteiger partial charge in [0.15, 0.2) is 0 Å². The number of amides is 1. The van der Waals surface area contributed by atoms with E-state index >= 15 is 0 Å². The van der Waals surface area contributed by atoms with Gasteiger partial charge in [-0.3, -0.25) is 4.79 Å². The summed E-state index contributed by atoms with van der Waals surface area (Å²) in [5.41, 5.74) is 0.171. The molecular formula is C19H26Cl2N2O4S. The highest BCUT2D eigenvalue weighted by Gasteiger charge is 2.31. The van der Waals surface area contributed by atoms with Crippen LogP contribution in [-0.4, -0.2) is 62.9 Å². The molecule has 3 rings (SSSR count). The second kappa shape index (κ2) is 9.30. The van der Waals surface area contributed by atoms with Crippen LogP contribution in [0, 0.1) is 0 Å². The molecule has 0 radical (unpaired) electrons. The van der Waals surface area contributed by atoms with Gasteiger partial charge in [0, 0.05) is 26.2 Å². The lowest BCUT2D eigenvalue weighted by Crippen LogP contribution is -2.41. The highest BCUT2D eigenvalue weighted by molar-refractivity contribution is 7.89. The molecule has 9 heteroatoms.